The molecule has 0 spiro atoms. The van der Waals surface area contributed by atoms with Crippen molar-refractivity contribution < 1.29 is 14.7 Å². The molecule has 1 aromatic heterocycles. The molecular formula is C18H28N4O3. The van der Waals surface area contributed by atoms with Crippen LogP contribution in [0.3, 0.4) is 0 Å². The van der Waals surface area contributed by atoms with Crippen LogP contribution < -0.4 is 5.32 Å². The van der Waals surface area contributed by atoms with Crippen molar-refractivity contribution in [1.29, 1.82) is 0 Å². The average molecular weight is 348 g/mol. The fourth-order valence-electron chi connectivity index (χ4n) is 4.10. The summed E-state index contributed by atoms with van der Waals surface area (Å²) in [6.45, 7) is 5.58. The van der Waals surface area contributed by atoms with Crippen molar-refractivity contribution in [3.63, 3.8) is 0 Å². The minimum Gasteiger partial charge on any atom is -0.394 e. The summed E-state index contributed by atoms with van der Waals surface area (Å²) in [5.41, 5.74) is 1.46. The molecule has 1 atom stereocenters. The van der Waals surface area contributed by atoms with Crippen LogP contribution >= 0.6 is 0 Å². The molecule has 1 aliphatic carbocycles. The lowest BCUT2D eigenvalue weighted by atomic mass is 9.72. The highest BCUT2D eigenvalue weighted by atomic mass is 16.3. The molecular weight excluding hydrogens is 320 g/mol. The first-order valence-corrected chi connectivity index (χ1v) is 9.25. The number of aryl methyl sites for hydroxylation is 1. The summed E-state index contributed by atoms with van der Waals surface area (Å²) in [6.07, 6.45) is 3.87. The third-order valence-corrected chi connectivity index (χ3v) is 5.52. The van der Waals surface area contributed by atoms with E-state index in [0.29, 0.717) is 30.1 Å². The van der Waals surface area contributed by atoms with Crippen LogP contribution in [-0.4, -0.2) is 57.3 Å². The van der Waals surface area contributed by atoms with E-state index in [4.69, 9.17) is 5.11 Å². The van der Waals surface area contributed by atoms with E-state index in [-0.39, 0.29) is 18.4 Å². The Morgan fingerprint density at radius 1 is 1.36 bits per heavy atom. The van der Waals surface area contributed by atoms with Crippen molar-refractivity contribution in [1.82, 2.24) is 20.0 Å². The van der Waals surface area contributed by atoms with Gasteiger partial charge in [-0.2, -0.15) is 5.10 Å². The Morgan fingerprint density at radius 2 is 2.12 bits per heavy atom. The van der Waals surface area contributed by atoms with Gasteiger partial charge in [-0.1, -0.05) is 6.92 Å². The molecule has 1 saturated carbocycles. The van der Waals surface area contributed by atoms with Gasteiger partial charge in [0.05, 0.1) is 13.2 Å². The van der Waals surface area contributed by atoms with Gasteiger partial charge in [0, 0.05) is 31.7 Å². The van der Waals surface area contributed by atoms with Crippen LogP contribution in [0.2, 0.25) is 0 Å². The summed E-state index contributed by atoms with van der Waals surface area (Å²) in [6, 6.07) is 2.16. The van der Waals surface area contributed by atoms with Crippen molar-refractivity contribution in [2.75, 3.05) is 19.7 Å². The van der Waals surface area contributed by atoms with Crippen LogP contribution in [0.4, 0.5) is 0 Å². The third kappa shape index (κ3) is 3.86. The minimum atomic E-state index is -0.00776. The normalized spacial score (nSPS) is 25.7. The Labute approximate surface area is 148 Å². The summed E-state index contributed by atoms with van der Waals surface area (Å²) >= 11 is 0. The first kappa shape index (κ1) is 17.9. The lowest BCUT2D eigenvalue weighted by Crippen LogP contribution is -2.46. The number of nitrogens with one attached hydrogen (secondary N) is 1. The summed E-state index contributed by atoms with van der Waals surface area (Å²) in [4.78, 5) is 25.7. The average Bonchev–Trinajstić information content (AvgIpc) is 3.17. The number of aromatic nitrogens is 2. The Bertz CT molecular complexity index is 636. The molecule has 1 aliphatic heterocycles. The van der Waals surface area contributed by atoms with Crippen LogP contribution in [0.15, 0.2) is 6.07 Å². The van der Waals surface area contributed by atoms with Gasteiger partial charge in [-0.3, -0.25) is 14.3 Å². The van der Waals surface area contributed by atoms with E-state index in [1.54, 1.807) is 11.6 Å². The zero-order chi connectivity index (χ0) is 18.0. The molecule has 7 heteroatoms. The molecule has 2 N–H and O–H groups in total. The standard InChI is InChI=1S/C18H28N4O3/c1-3-16-10-17(20-22(16)6-7-23)18(25)21-5-4-13(11-21)14-8-15(9-14)19-12(2)24/h10,13-15,23H,3-9,11H2,1-2H3,(H,19,24). The molecule has 2 fully saturated rings. The Hall–Kier alpha value is -1.89. The van der Waals surface area contributed by atoms with Gasteiger partial charge in [0.15, 0.2) is 5.69 Å². The Morgan fingerprint density at radius 3 is 2.76 bits per heavy atom. The zero-order valence-corrected chi connectivity index (χ0v) is 15.1. The predicted molar refractivity (Wildman–Crippen MR) is 93.0 cm³/mol. The molecule has 1 aromatic rings. The van der Waals surface area contributed by atoms with Gasteiger partial charge in [0.1, 0.15) is 0 Å². The van der Waals surface area contributed by atoms with Crippen molar-refractivity contribution in [3.8, 4) is 0 Å². The number of amides is 2. The molecule has 0 radical (unpaired) electrons. The van der Waals surface area contributed by atoms with E-state index in [1.165, 1.54) is 0 Å². The second kappa shape index (κ2) is 7.56. The Kier molecular flexibility index (Phi) is 5.42. The van der Waals surface area contributed by atoms with E-state index in [9.17, 15) is 9.59 Å². The molecule has 7 nitrogen and oxygen atoms in total. The summed E-state index contributed by atoms with van der Waals surface area (Å²) in [5.74, 6) is 1.16. The van der Waals surface area contributed by atoms with Gasteiger partial charge in [0.25, 0.3) is 5.91 Å². The lowest BCUT2D eigenvalue weighted by molar-refractivity contribution is -0.120. The second-order valence-electron chi connectivity index (χ2n) is 7.25. The quantitative estimate of drug-likeness (QED) is 0.797. The smallest absolute Gasteiger partial charge is 0.274 e. The van der Waals surface area contributed by atoms with Crippen LogP contribution in [0, 0.1) is 11.8 Å². The molecule has 0 bridgehead atoms. The number of nitrogens with zero attached hydrogens (tertiary/aromatic N) is 3. The summed E-state index contributed by atoms with van der Waals surface area (Å²) < 4.78 is 1.73. The maximum Gasteiger partial charge on any atom is 0.274 e. The number of hydrogen-bond donors (Lipinski definition) is 2. The maximum absolute atomic E-state index is 12.7. The summed E-state index contributed by atoms with van der Waals surface area (Å²) in [5, 5.41) is 16.5. The summed E-state index contributed by atoms with van der Waals surface area (Å²) in [7, 11) is 0. The van der Waals surface area contributed by atoms with Crippen molar-refractivity contribution in [3.05, 3.63) is 17.5 Å². The number of aliphatic hydroxyl groups excluding tert-OH is 1. The molecule has 0 aromatic carbocycles. The van der Waals surface area contributed by atoms with Crippen molar-refractivity contribution in [2.24, 2.45) is 11.8 Å². The van der Waals surface area contributed by atoms with Gasteiger partial charge in [-0.25, -0.2) is 0 Å². The van der Waals surface area contributed by atoms with E-state index >= 15 is 0 Å². The largest absolute Gasteiger partial charge is 0.394 e. The molecule has 1 saturated heterocycles. The number of carbonyl (C=O) groups excluding carboxylic acids is 2. The van der Waals surface area contributed by atoms with Crippen LogP contribution in [0.25, 0.3) is 0 Å². The fraction of sp³-hybridized carbons (Fsp3) is 0.722. The van der Waals surface area contributed by atoms with E-state index in [2.05, 4.69) is 10.4 Å². The van der Waals surface area contributed by atoms with Gasteiger partial charge < -0.3 is 15.3 Å². The van der Waals surface area contributed by atoms with Crippen LogP contribution in [0.5, 0.6) is 0 Å². The molecule has 2 heterocycles. The number of likely N-dealkylation sites (tertiary alicyclic amines) is 1. The molecule has 3 rings (SSSR count). The van der Waals surface area contributed by atoms with Crippen LogP contribution in [-0.2, 0) is 17.8 Å². The topological polar surface area (TPSA) is 87.5 Å². The second-order valence-corrected chi connectivity index (χ2v) is 7.25. The maximum atomic E-state index is 12.7. The SMILES string of the molecule is CCc1cc(C(=O)N2CCC(C3CC(NC(C)=O)C3)C2)nn1CCO. The fourth-order valence-corrected chi connectivity index (χ4v) is 4.10. The monoisotopic (exact) mass is 348 g/mol. The minimum absolute atomic E-state index is 0.00776. The van der Waals surface area contributed by atoms with E-state index in [0.717, 1.165) is 44.5 Å². The molecule has 2 aliphatic rings. The van der Waals surface area contributed by atoms with Gasteiger partial charge in [-0.15, -0.1) is 0 Å². The zero-order valence-electron chi connectivity index (χ0n) is 15.1. The van der Waals surface area contributed by atoms with Crippen molar-refractivity contribution in [2.45, 2.75) is 52.1 Å². The molecule has 2 amide bonds. The number of hydrogen-bond acceptors (Lipinski definition) is 4. The highest BCUT2D eigenvalue weighted by molar-refractivity contribution is 5.92. The number of rotatable bonds is 6. The van der Waals surface area contributed by atoms with Crippen LogP contribution in [0.1, 0.15) is 49.3 Å². The number of carbonyl (C=O) groups is 2. The highest BCUT2D eigenvalue weighted by Crippen LogP contribution is 2.38. The lowest BCUT2D eigenvalue weighted by Gasteiger charge is -2.39. The van der Waals surface area contributed by atoms with E-state index < -0.39 is 0 Å². The van der Waals surface area contributed by atoms with Gasteiger partial charge in [0.2, 0.25) is 5.91 Å². The molecule has 1 unspecified atom stereocenters. The molecule has 138 valence electrons. The highest BCUT2D eigenvalue weighted by Gasteiger charge is 2.40. The van der Waals surface area contributed by atoms with Gasteiger partial charge in [-0.05, 0) is 43.6 Å². The number of aliphatic hydroxyl groups is 1. The molecule has 25 heavy (non-hydrogen) atoms. The first-order chi connectivity index (χ1) is 12.0. The van der Waals surface area contributed by atoms with Crippen molar-refractivity contribution >= 4 is 11.8 Å². The Balaban J connectivity index is 1.55. The first-order valence-electron chi connectivity index (χ1n) is 9.25. The van der Waals surface area contributed by atoms with Gasteiger partial charge >= 0.3 is 0 Å². The predicted octanol–water partition coefficient (Wildman–Crippen LogP) is 0.815. The van der Waals surface area contributed by atoms with E-state index in [1.807, 2.05) is 17.9 Å². The third-order valence-electron chi connectivity index (χ3n) is 5.52.